The number of carbonyl (C=O) groups is 2. The Bertz CT molecular complexity index is 667. The molecule has 1 N–H and O–H groups in total. The fourth-order valence-electron chi connectivity index (χ4n) is 1.88. The van der Waals surface area contributed by atoms with Crippen molar-refractivity contribution in [2.24, 2.45) is 0 Å². The van der Waals surface area contributed by atoms with E-state index in [9.17, 15) is 9.59 Å². The first-order valence-corrected chi connectivity index (χ1v) is 6.04. The molecule has 100 valence electrons. The van der Waals surface area contributed by atoms with Gasteiger partial charge in [0.2, 0.25) is 6.79 Å². The molecule has 0 unspecified atom stereocenters. The van der Waals surface area contributed by atoms with E-state index in [-0.39, 0.29) is 12.4 Å². The van der Waals surface area contributed by atoms with Crippen LogP contribution in [-0.4, -0.2) is 18.5 Å². The van der Waals surface area contributed by atoms with Gasteiger partial charge in [0.05, 0.1) is 0 Å². The topological polar surface area (TPSA) is 64.6 Å². The molecule has 3 rings (SSSR count). The third kappa shape index (κ3) is 2.33. The predicted octanol–water partition coefficient (Wildman–Crippen LogP) is 2.24. The Balaban J connectivity index is 1.77. The highest BCUT2D eigenvalue weighted by molar-refractivity contribution is 6.46. The summed E-state index contributed by atoms with van der Waals surface area (Å²) in [6.07, 6.45) is 0. The van der Waals surface area contributed by atoms with Gasteiger partial charge < -0.3 is 14.8 Å². The van der Waals surface area contributed by atoms with E-state index in [1.165, 1.54) is 6.07 Å². The summed E-state index contributed by atoms with van der Waals surface area (Å²) < 4.78 is 10.3. The molecule has 5 heteroatoms. The minimum atomic E-state index is -0.685. The van der Waals surface area contributed by atoms with Crippen molar-refractivity contribution in [3.05, 3.63) is 54.1 Å². The number of rotatable bonds is 3. The summed E-state index contributed by atoms with van der Waals surface area (Å²) in [6.45, 7) is 0.128. The van der Waals surface area contributed by atoms with Crippen molar-refractivity contribution in [1.82, 2.24) is 0 Å². The van der Waals surface area contributed by atoms with Crippen LogP contribution in [0.2, 0.25) is 0 Å². The second-order valence-electron chi connectivity index (χ2n) is 4.22. The van der Waals surface area contributed by atoms with E-state index < -0.39 is 11.7 Å². The monoisotopic (exact) mass is 269 g/mol. The lowest BCUT2D eigenvalue weighted by molar-refractivity contribution is -0.112. The van der Waals surface area contributed by atoms with Crippen LogP contribution in [0.4, 0.5) is 5.69 Å². The third-order valence-corrected chi connectivity index (χ3v) is 2.87. The lowest BCUT2D eigenvalue weighted by atomic mass is 10.1. The number of anilines is 1. The molecule has 5 nitrogen and oxygen atoms in total. The van der Waals surface area contributed by atoms with Crippen LogP contribution in [0.15, 0.2) is 48.5 Å². The zero-order valence-corrected chi connectivity index (χ0v) is 10.5. The van der Waals surface area contributed by atoms with E-state index in [2.05, 4.69) is 5.32 Å². The van der Waals surface area contributed by atoms with Gasteiger partial charge >= 0.3 is 0 Å². The first-order valence-electron chi connectivity index (χ1n) is 6.04. The molecular formula is C15H11NO4. The lowest BCUT2D eigenvalue weighted by Crippen LogP contribution is -2.22. The number of hydrogen-bond donors (Lipinski definition) is 1. The molecule has 0 saturated heterocycles. The van der Waals surface area contributed by atoms with Gasteiger partial charge in [0.1, 0.15) is 0 Å². The molecule has 0 saturated carbocycles. The van der Waals surface area contributed by atoms with Crippen LogP contribution in [0.5, 0.6) is 11.5 Å². The summed E-state index contributed by atoms with van der Waals surface area (Å²) in [5.41, 5.74) is 0.842. The van der Waals surface area contributed by atoms with Crippen LogP contribution in [0.1, 0.15) is 10.4 Å². The van der Waals surface area contributed by atoms with E-state index in [4.69, 9.17) is 9.47 Å². The van der Waals surface area contributed by atoms with E-state index in [0.717, 1.165) is 0 Å². The molecule has 0 fully saturated rings. The second-order valence-corrected chi connectivity index (χ2v) is 4.22. The molecule has 0 bridgehead atoms. The molecule has 0 spiro atoms. The van der Waals surface area contributed by atoms with Gasteiger partial charge in [-0.25, -0.2) is 0 Å². The summed E-state index contributed by atoms with van der Waals surface area (Å²) in [7, 11) is 0. The third-order valence-electron chi connectivity index (χ3n) is 2.87. The molecule has 20 heavy (non-hydrogen) atoms. The van der Waals surface area contributed by atoms with Crippen LogP contribution in [0.3, 0.4) is 0 Å². The molecule has 2 aromatic rings. The molecule has 1 aliphatic rings. The van der Waals surface area contributed by atoms with Gasteiger partial charge in [0.15, 0.2) is 11.5 Å². The summed E-state index contributed by atoms with van der Waals surface area (Å²) in [5, 5.41) is 2.55. The number of carbonyl (C=O) groups excluding carboxylic acids is 2. The van der Waals surface area contributed by atoms with Crippen molar-refractivity contribution in [3.8, 4) is 11.5 Å². The largest absolute Gasteiger partial charge is 0.454 e. The number of benzene rings is 2. The Morgan fingerprint density at radius 1 is 0.950 bits per heavy atom. The van der Waals surface area contributed by atoms with Gasteiger partial charge in [0.25, 0.3) is 11.7 Å². The highest BCUT2D eigenvalue weighted by Crippen LogP contribution is 2.32. The molecule has 0 radical (unpaired) electrons. The Kier molecular flexibility index (Phi) is 3.09. The van der Waals surface area contributed by atoms with E-state index in [1.807, 2.05) is 6.07 Å². The molecule has 1 heterocycles. The molecule has 1 aliphatic heterocycles. The Hall–Kier alpha value is -2.82. The van der Waals surface area contributed by atoms with E-state index in [0.29, 0.717) is 17.2 Å². The average Bonchev–Trinajstić information content (AvgIpc) is 2.94. The Morgan fingerprint density at radius 3 is 2.50 bits per heavy atom. The Labute approximate surface area is 115 Å². The number of amides is 1. The van der Waals surface area contributed by atoms with Crippen LogP contribution >= 0.6 is 0 Å². The van der Waals surface area contributed by atoms with Crippen molar-refractivity contribution in [1.29, 1.82) is 0 Å². The fraction of sp³-hybridized carbons (Fsp3) is 0.0667. The smallest absolute Gasteiger partial charge is 0.296 e. The maximum absolute atomic E-state index is 12.0. The number of para-hydroxylation sites is 1. The number of fused-ring (bicyclic) bond motifs is 1. The standard InChI is InChI=1S/C15H11NO4/c17-14(15(18)16-11-4-2-1-3-5-11)10-6-7-12-13(8-10)20-9-19-12/h1-8H,9H2,(H,16,18). The van der Waals surface area contributed by atoms with Gasteiger partial charge in [-0.05, 0) is 30.3 Å². The summed E-state index contributed by atoms with van der Waals surface area (Å²) in [6, 6.07) is 13.5. The SMILES string of the molecule is O=C(Nc1ccccc1)C(=O)c1ccc2c(c1)OCO2. The zero-order chi connectivity index (χ0) is 13.9. The molecule has 1 amide bonds. The summed E-state index contributed by atoms with van der Waals surface area (Å²) in [5.74, 6) is -0.254. The van der Waals surface area contributed by atoms with Crippen LogP contribution < -0.4 is 14.8 Å². The first kappa shape index (κ1) is 12.2. The number of ketones is 1. The average molecular weight is 269 g/mol. The summed E-state index contributed by atoms with van der Waals surface area (Å²) >= 11 is 0. The predicted molar refractivity (Wildman–Crippen MR) is 72.0 cm³/mol. The second kappa shape index (κ2) is 5.05. The lowest BCUT2D eigenvalue weighted by Gasteiger charge is -2.04. The van der Waals surface area contributed by atoms with Crippen LogP contribution in [0.25, 0.3) is 0 Å². The molecular weight excluding hydrogens is 258 g/mol. The summed E-state index contributed by atoms with van der Waals surface area (Å²) in [4.78, 5) is 23.9. The maximum Gasteiger partial charge on any atom is 0.296 e. The maximum atomic E-state index is 12.0. The van der Waals surface area contributed by atoms with Gasteiger partial charge in [-0.3, -0.25) is 9.59 Å². The van der Waals surface area contributed by atoms with Crippen molar-refractivity contribution in [2.75, 3.05) is 12.1 Å². The molecule has 0 aromatic heterocycles. The highest BCUT2D eigenvalue weighted by atomic mass is 16.7. The zero-order valence-electron chi connectivity index (χ0n) is 10.5. The van der Waals surface area contributed by atoms with Gasteiger partial charge in [-0.1, -0.05) is 18.2 Å². The number of Topliss-reactive ketones (excluding diaryl/α,β-unsaturated/α-hetero) is 1. The number of ether oxygens (including phenoxy) is 2. The van der Waals surface area contributed by atoms with Crippen molar-refractivity contribution in [2.45, 2.75) is 0 Å². The normalized spacial score (nSPS) is 12.0. The highest BCUT2D eigenvalue weighted by Gasteiger charge is 2.20. The van der Waals surface area contributed by atoms with Crippen LogP contribution in [-0.2, 0) is 4.79 Å². The van der Waals surface area contributed by atoms with Crippen LogP contribution in [0, 0.1) is 0 Å². The van der Waals surface area contributed by atoms with Crippen molar-refractivity contribution in [3.63, 3.8) is 0 Å². The van der Waals surface area contributed by atoms with Gasteiger partial charge in [-0.15, -0.1) is 0 Å². The first-order chi connectivity index (χ1) is 9.74. The van der Waals surface area contributed by atoms with E-state index >= 15 is 0 Å². The molecule has 2 aromatic carbocycles. The fourth-order valence-corrected chi connectivity index (χ4v) is 1.88. The minimum Gasteiger partial charge on any atom is -0.454 e. The Morgan fingerprint density at radius 2 is 1.70 bits per heavy atom. The molecule has 0 aliphatic carbocycles. The number of hydrogen-bond acceptors (Lipinski definition) is 4. The van der Waals surface area contributed by atoms with Gasteiger partial charge in [0, 0.05) is 11.3 Å². The van der Waals surface area contributed by atoms with Gasteiger partial charge in [-0.2, -0.15) is 0 Å². The number of nitrogens with one attached hydrogen (secondary N) is 1. The van der Waals surface area contributed by atoms with Crippen molar-refractivity contribution >= 4 is 17.4 Å². The minimum absolute atomic E-state index is 0.128. The van der Waals surface area contributed by atoms with Crippen molar-refractivity contribution < 1.29 is 19.1 Å². The quantitative estimate of drug-likeness (QED) is 0.685. The van der Waals surface area contributed by atoms with E-state index in [1.54, 1.807) is 36.4 Å². The molecule has 0 atom stereocenters.